The zero-order valence-corrected chi connectivity index (χ0v) is 18.7. The number of nitrogens with one attached hydrogen (secondary N) is 3. The Hall–Kier alpha value is -1.35. The van der Waals surface area contributed by atoms with Gasteiger partial charge in [-0.3, -0.25) is 9.79 Å². The molecule has 1 saturated heterocycles. The number of anilines is 1. The molecule has 0 aliphatic carbocycles. The maximum atomic E-state index is 12.0. The normalized spacial score (nSPS) is 23.0. The number of amides is 1. The standard InChI is InChI=1S/C20H31N5O.HI/c1-3-21-20(22-12-15-7-6-10-25(2)14-15)23-13-16-11-19(26)24-18-9-5-4-8-17(16)18;/h4-5,8-9,15-16H,3,6-7,10-14H2,1-2H3,(H,24,26)(H2,21,22,23);1H. The number of para-hydroxylation sites is 1. The fourth-order valence-corrected chi connectivity index (χ4v) is 3.89. The Kier molecular flexibility index (Phi) is 8.82. The summed E-state index contributed by atoms with van der Waals surface area (Å²) in [4.78, 5) is 19.2. The summed E-state index contributed by atoms with van der Waals surface area (Å²) in [6.45, 7) is 6.79. The molecule has 2 unspecified atom stereocenters. The van der Waals surface area contributed by atoms with Gasteiger partial charge in [-0.15, -0.1) is 24.0 Å². The third kappa shape index (κ3) is 6.34. The minimum atomic E-state index is 0. The van der Waals surface area contributed by atoms with E-state index in [0.717, 1.165) is 31.3 Å². The molecule has 2 aliphatic heterocycles. The van der Waals surface area contributed by atoms with Gasteiger partial charge in [0.05, 0.1) is 0 Å². The average molecular weight is 485 g/mol. The van der Waals surface area contributed by atoms with Gasteiger partial charge in [0, 0.05) is 44.2 Å². The van der Waals surface area contributed by atoms with Crippen molar-refractivity contribution in [3.8, 4) is 0 Å². The lowest BCUT2D eigenvalue weighted by atomic mass is 9.90. The zero-order valence-electron chi connectivity index (χ0n) is 16.3. The fourth-order valence-electron chi connectivity index (χ4n) is 3.89. The molecule has 0 spiro atoms. The highest BCUT2D eigenvalue weighted by Crippen LogP contribution is 2.31. The maximum Gasteiger partial charge on any atom is 0.225 e. The van der Waals surface area contributed by atoms with Crippen LogP contribution in [0.5, 0.6) is 0 Å². The SMILES string of the molecule is CCNC(=NCC1CCCN(C)C1)NCC1CC(=O)Nc2ccccc21.I. The third-order valence-electron chi connectivity index (χ3n) is 5.20. The third-order valence-corrected chi connectivity index (χ3v) is 5.20. The monoisotopic (exact) mass is 485 g/mol. The molecule has 2 aliphatic rings. The average Bonchev–Trinajstić information content (AvgIpc) is 2.63. The van der Waals surface area contributed by atoms with Crippen LogP contribution in [0.3, 0.4) is 0 Å². The van der Waals surface area contributed by atoms with Gasteiger partial charge in [-0.2, -0.15) is 0 Å². The van der Waals surface area contributed by atoms with E-state index >= 15 is 0 Å². The first-order valence-corrected chi connectivity index (χ1v) is 9.75. The Morgan fingerprint density at radius 3 is 2.93 bits per heavy atom. The van der Waals surface area contributed by atoms with Gasteiger partial charge < -0.3 is 20.9 Å². The van der Waals surface area contributed by atoms with Crippen LogP contribution in [-0.2, 0) is 4.79 Å². The number of piperidine rings is 1. The molecule has 1 amide bonds. The highest BCUT2D eigenvalue weighted by molar-refractivity contribution is 14.0. The van der Waals surface area contributed by atoms with Gasteiger partial charge in [0.1, 0.15) is 0 Å². The molecular weight excluding hydrogens is 453 g/mol. The molecule has 2 atom stereocenters. The van der Waals surface area contributed by atoms with Crippen molar-refractivity contribution < 1.29 is 4.79 Å². The maximum absolute atomic E-state index is 12.0. The predicted octanol–water partition coefficient (Wildman–Crippen LogP) is 2.63. The Labute approximate surface area is 179 Å². The number of hydrogen-bond donors (Lipinski definition) is 3. The zero-order chi connectivity index (χ0) is 18.4. The Bertz CT molecular complexity index is 651. The van der Waals surface area contributed by atoms with E-state index in [-0.39, 0.29) is 35.8 Å². The number of carbonyl (C=O) groups is 1. The first-order chi connectivity index (χ1) is 12.7. The van der Waals surface area contributed by atoms with Crippen LogP contribution < -0.4 is 16.0 Å². The lowest BCUT2D eigenvalue weighted by Crippen LogP contribution is -2.41. The number of aliphatic imine (C=N–C) groups is 1. The molecule has 0 aromatic heterocycles. The second-order valence-electron chi connectivity index (χ2n) is 7.41. The van der Waals surface area contributed by atoms with Crippen LogP contribution in [0.4, 0.5) is 5.69 Å². The second kappa shape index (κ2) is 10.8. The second-order valence-corrected chi connectivity index (χ2v) is 7.41. The number of rotatable bonds is 5. The van der Waals surface area contributed by atoms with Crippen LogP contribution in [0, 0.1) is 5.92 Å². The number of benzene rings is 1. The van der Waals surface area contributed by atoms with Crippen molar-refractivity contribution in [2.24, 2.45) is 10.9 Å². The number of carbonyl (C=O) groups excluding carboxylic acids is 1. The van der Waals surface area contributed by atoms with Crippen LogP contribution in [0.15, 0.2) is 29.3 Å². The number of halogens is 1. The first-order valence-electron chi connectivity index (χ1n) is 9.75. The molecule has 27 heavy (non-hydrogen) atoms. The Balaban J connectivity index is 0.00000261. The van der Waals surface area contributed by atoms with Crippen LogP contribution in [0.2, 0.25) is 0 Å². The van der Waals surface area contributed by atoms with Gasteiger partial charge in [0.25, 0.3) is 0 Å². The smallest absolute Gasteiger partial charge is 0.225 e. The first kappa shape index (κ1) is 21.9. The summed E-state index contributed by atoms with van der Waals surface area (Å²) >= 11 is 0. The summed E-state index contributed by atoms with van der Waals surface area (Å²) in [5.41, 5.74) is 2.13. The number of guanidine groups is 1. The molecule has 3 N–H and O–H groups in total. The predicted molar refractivity (Wildman–Crippen MR) is 122 cm³/mol. The number of hydrogen-bond acceptors (Lipinski definition) is 3. The van der Waals surface area contributed by atoms with Gasteiger partial charge in [-0.1, -0.05) is 18.2 Å². The van der Waals surface area contributed by atoms with Crippen LogP contribution in [0.25, 0.3) is 0 Å². The molecule has 1 aromatic rings. The fraction of sp³-hybridized carbons (Fsp3) is 0.600. The molecule has 1 aromatic carbocycles. The Morgan fingerprint density at radius 1 is 1.33 bits per heavy atom. The van der Waals surface area contributed by atoms with E-state index in [1.807, 2.05) is 18.2 Å². The molecule has 2 heterocycles. The van der Waals surface area contributed by atoms with Crippen molar-refractivity contribution in [3.05, 3.63) is 29.8 Å². The van der Waals surface area contributed by atoms with Gasteiger partial charge >= 0.3 is 0 Å². The van der Waals surface area contributed by atoms with Crippen molar-refractivity contribution in [3.63, 3.8) is 0 Å². The highest BCUT2D eigenvalue weighted by Gasteiger charge is 2.25. The number of likely N-dealkylation sites (tertiary alicyclic amines) is 1. The van der Waals surface area contributed by atoms with Gasteiger partial charge in [0.15, 0.2) is 5.96 Å². The Morgan fingerprint density at radius 2 is 2.15 bits per heavy atom. The van der Waals surface area contributed by atoms with Crippen molar-refractivity contribution in [1.82, 2.24) is 15.5 Å². The number of nitrogens with zero attached hydrogens (tertiary/aromatic N) is 2. The summed E-state index contributed by atoms with van der Waals surface area (Å²) in [6, 6.07) is 8.06. The van der Waals surface area contributed by atoms with E-state index in [4.69, 9.17) is 4.99 Å². The van der Waals surface area contributed by atoms with Crippen molar-refractivity contribution in [1.29, 1.82) is 0 Å². The molecule has 6 nitrogen and oxygen atoms in total. The summed E-state index contributed by atoms with van der Waals surface area (Å²) in [5, 5.41) is 9.74. The van der Waals surface area contributed by atoms with E-state index < -0.39 is 0 Å². The highest BCUT2D eigenvalue weighted by atomic mass is 127. The molecule has 0 saturated carbocycles. The van der Waals surface area contributed by atoms with Crippen molar-refractivity contribution in [2.75, 3.05) is 45.1 Å². The summed E-state index contributed by atoms with van der Waals surface area (Å²) in [6.07, 6.45) is 3.02. The van der Waals surface area contributed by atoms with Crippen LogP contribution in [-0.4, -0.2) is 56.5 Å². The minimum absolute atomic E-state index is 0. The molecule has 3 rings (SSSR count). The molecule has 0 radical (unpaired) electrons. The molecule has 150 valence electrons. The molecule has 1 fully saturated rings. The molecule has 7 heteroatoms. The summed E-state index contributed by atoms with van der Waals surface area (Å²) in [7, 11) is 2.19. The lowest BCUT2D eigenvalue weighted by molar-refractivity contribution is -0.116. The van der Waals surface area contributed by atoms with Gasteiger partial charge in [-0.05, 0) is 50.9 Å². The molecule has 0 bridgehead atoms. The lowest BCUT2D eigenvalue weighted by Gasteiger charge is -2.29. The van der Waals surface area contributed by atoms with E-state index in [2.05, 4.69) is 40.9 Å². The van der Waals surface area contributed by atoms with E-state index in [1.165, 1.54) is 24.9 Å². The number of fused-ring (bicyclic) bond motifs is 1. The topological polar surface area (TPSA) is 68.8 Å². The van der Waals surface area contributed by atoms with Gasteiger partial charge in [0.2, 0.25) is 5.91 Å². The summed E-state index contributed by atoms with van der Waals surface area (Å²) in [5.74, 6) is 1.74. The van der Waals surface area contributed by atoms with Crippen molar-refractivity contribution >= 4 is 41.5 Å². The largest absolute Gasteiger partial charge is 0.357 e. The van der Waals surface area contributed by atoms with Gasteiger partial charge in [-0.25, -0.2) is 0 Å². The van der Waals surface area contributed by atoms with Crippen LogP contribution in [0.1, 0.15) is 37.7 Å². The van der Waals surface area contributed by atoms with E-state index in [0.29, 0.717) is 18.9 Å². The van der Waals surface area contributed by atoms with E-state index in [1.54, 1.807) is 0 Å². The van der Waals surface area contributed by atoms with Crippen molar-refractivity contribution in [2.45, 2.75) is 32.1 Å². The minimum Gasteiger partial charge on any atom is -0.357 e. The molecular formula is C20H32IN5O. The van der Waals surface area contributed by atoms with E-state index in [9.17, 15) is 4.79 Å². The summed E-state index contributed by atoms with van der Waals surface area (Å²) < 4.78 is 0. The van der Waals surface area contributed by atoms with Crippen LogP contribution >= 0.6 is 24.0 Å². The quantitative estimate of drug-likeness (QED) is 0.341.